The molecule has 1 aromatic heterocycles. The van der Waals surface area contributed by atoms with Gasteiger partial charge in [0.25, 0.3) is 0 Å². The number of amides is 2. The second kappa shape index (κ2) is 10.3. The Kier molecular flexibility index (Phi) is 8.13. The van der Waals surface area contributed by atoms with E-state index in [4.69, 9.17) is 11.6 Å². The average molecular weight is 393 g/mol. The van der Waals surface area contributed by atoms with Gasteiger partial charge in [0.2, 0.25) is 11.8 Å². The fourth-order valence-corrected chi connectivity index (χ4v) is 3.54. The zero-order chi connectivity index (χ0) is 18.9. The van der Waals surface area contributed by atoms with E-state index in [2.05, 4.69) is 0 Å². The molecule has 0 saturated heterocycles. The summed E-state index contributed by atoms with van der Waals surface area (Å²) in [7, 11) is 0. The quantitative estimate of drug-likeness (QED) is 0.601. The van der Waals surface area contributed by atoms with Crippen LogP contribution in [0.3, 0.4) is 0 Å². The zero-order valence-electron chi connectivity index (χ0n) is 15.2. The van der Waals surface area contributed by atoms with Gasteiger partial charge in [-0.2, -0.15) is 0 Å². The van der Waals surface area contributed by atoms with Crippen molar-refractivity contribution in [2.75, 3.05) is 13.1 Å². The van der Waals surface area contributed by atoms with Gasteiger partial charge in [0.05, 0.1) is 13.1 Å². The van der Waals surface area contributed by atoms with E-state index in [1.165, 1.54) is 0 Å². The summed E-state index contributed by atoms with van der Waals surface area (Å²) >= 11 is 7.58. The Morgan fingerprint density at radius 2 is 1.81 bits per heavy atom. The van der Waals surface area contributed by atoms with Gasteiger partial charge in [-0.15, -0.1) is 22.9 Å². The Labute approximate surface area is 164 Å². The molecular weight excluding hydrogens is 368 g/mol. The third-order valence-electron chi connectivity index (χ3n) is 3.97. The normalized spacial score (nSPS) is 11.8. The molecule has 2 amide bonds. The highest BCUT2D eigenvalue weighted by Crippen LogP contribution is 2.15. The summed E-state index contributed by atoms with van der Waals surface area (Å²) in [5, 5.41) is 1.37. The Morgan fingerprint density at radius 3 is 2.38 bits per heavy atom. The van der Waals surface area contributed by atoms with E-state index < -0.39 is 5.38 Å². The minimum atomic E-state index is -0.630. The average Bonchev–Trinajstić information content (AvgIpc) is 3.14. The third-order valence-corrected chi connectivity index (χ3v) is 5.02. The molecule has 1 heterocycles. The molecule has 1 unspecified atom stereocenters. The van der Waals surface area contributed by atoms with Crippen molar-refractivity contribution in [2.24, 2.45) is 0 Å². The molecule has 2 aromatic rings. The highest BCUT2D eigenvalue weighted by atomic mass is 35.5. The molecular formula is C20H25ClN2O2S. The minimum Gasteiger partial charge on any atom is -0.332 e. The second-order valence-corrected chi connectivity index (χ2v) is 7.88. The van der Waals surface area contributed by atoms with E-state index in [0.717, 1.165) is 16.9 Å². The summed E-state index contributed by atoms with van der Waals surface area (Å²) in [6.07, 6.45) is 0.784. The van der Waals surface area contributed by atoms with Crippen molar-refractivity contribution in [1.29, 1.82) is 0 Å². The second-order valence-electron chi connectivity index (χ2n) is 6.19. The molecule has 0 fully saturated rings. The maximum atomic E-state index is 13.0. The lowest BCUT2D eigenvalue weighted by Gasteiger charge is -2.28. The Balaban J connectivity index is 2.13. The number of carbonyl (C=O) groups excluding carboxylic acids is 2. The summed E-state index contributed by atoms with van der Waals surface area (Å²) in [6.45, 7) is 5.27. The molecule has 1 atom stereocenters. The van der Waals surface area contributed by atoms with Crippen LogP contribution in [0.1, 0.15) is 30.7 Å². The fraction of sp³-hybridized carbons (Fsp3) is 0.400. The van der Waals surface area contributed by atoms with Crippen molar-refractivity contribution in [1.82, 2.24) is 9.80 Å². The highest BCUT2D eigenvalue weighted by Gasteiger charge is 2.23. The van der Waals surface area contributed by atoms with Crippen molar-refractivity contribution >= 4 is 34.8 Å². The molecule has 140 valence electrons. The van der Waals surface area contributed by atoms with Gasteiger partial charge in [-0.3, -0.25) is 9.59 Å². The number of rotatable bonds is 9. The predicted octanol–water partition coefficient (Wildman–Crippen LogP) is 4.14. The van der Waals surface area contributed by atoms with Gasteiger partial charge >= 0.3 is 0 Å². The van der Waals surface area contributed by atoms with Gasteiger partial charge in [-0.1, -0.05) is 43.3 Å². The van der Waals surface area contributed by atoms with Crippen molar-refractivity contribution in [2.45, 2.75) is 38.7 Å². The lowest BCUT2D eigenvalue weighted by molar-refractivity contribution is -0.141. The number of thiophene rings is 1. The first-order valence-electron chi connectivity index (χ1n) is 8.78. The number of halogens is 1. The van der Waals surface area contributed by atoms with Gasteiger partial charge < -0.3 is 9.80 Å². The van der Waals surface area contributed by atoms with Crippen LogP contribution in [0.4, 0.5) is 0 Å². The lowest BCUT2D eigenvalue weighted by Crippen LogP contribution is -2.44. The number of nitrogens with zero attached hydrogens (tertiary/aromatic N) is 2. The smallest absolute Gasteiger partial charge is 0.242 e. The monoisotopic (exact) mass is 392 g/mol. The number of alkyl halides is 1. The molecule has 6 heteroatoms. The Hall–Kier alpha value is -1.85. The SMILES string of the molecule is CCCN(CC(=O)N(Cc1ccccc1)Cc1cccs1)C(=O)C(C)Cl. The summed E-state index contributed by atoms with van der Waals surface area (Å²) in [5.74, 6) is -0.265. The van der Waals surface area contributed by atoms with E-state index >= 15 is 0 Å². The van der Waals surface area contributed by atoms with E-state index in [1.807, 2.05) is 54.8 Å². The van der Waals surface area contributed by atoms with Crippen LogP contribution in [0.25, 0.3) is 0 Å². The van der Waals surface area contributed by atoms with Crippen LogP contribution in [0.15, 0.2) is 47.8 Å². The number of benzene rings is 1. The van der Waals surface area contributed by atoms with Gasteiger partial charge in [0, 0.05) is 18.0 Å². The van der Waals surface area contributed by atoms with Crippen LogP contribution in [0.2, 0.25) is 0 Å². The molecule has 0 radical (unpaired) electrons. The summed E-state index contributed by atoms with van der Waals surface area (Å²) in [6, 6.07) is 13.9. The maximum absolute atomic E-state index is 13.0. The molecule has 0 aliphatic rings. The number of hydrogen-bond donors (Lipinski definition) is 0. The first-order valence-corrected chi connectivity index (χ1v) is 10.1. The molecule has 0 aliphatic carbocycles. The first-order chi connectivity index (χ1) is 12.5. The summed E-state index contributed by atoms with van der Waals surface area (Å²) < 4.78 is 0. The Morgan fingerprint density at radius 1 is 1.08 bits per heavy atom. The minimum absolute atomic E-state index is 0.0575. The molecule has 0 spiro atoms. The molecule has 1 aromatic carbocycles. The Bertz CT molecular complexity index is 689. The van der Waals surface area contributed by atoms with Crippen molar-refractivity contribution in [3.63, 3.8) is 0 Å². The summed E-state index contributed by atoms with van der Waals surface area (Å²) in [4.78, 5) is 29.8. The van der Waals surface area contributed by atoms with E-state index in [-0.39, 0.29) is 18.4 Å². The summed E-state index contributed by atoms with van der Waals surface area (Å²) in [5.41, 5.74) is 1.07. The van der Waals surface area contributed by atoms with Crippen LogP contribution < -0.4 is 0 Å². The van der Waals surface area contributed by atoms with Gasteiger partial charge in [-0.25, -0.2) is 0 Å². The van der Waals surface area contributed by atoms with Crippen LogP contribution in [-0.4, -0.2) is 40.1 Å². The maximum Gasteiger partial charge on any atom is 0.242 e. The number of carbonyl (C=O) groups is 2. The van der Waals surface area contributed by atoms with Crippen molar-refractivity contribution in [3.8, 4) is 0 Å². The standard InChI is InChI=1S/C20H25ClN2O2S/c1-3-11-22(20(25)16(2)21)15-19(24)23(14-18-10-7-12-26-18)13-17-8-5-4-6-9-17/h4-10,12,16H,3,11,13-15H2,1-2H3. The van der Waals surface area contributed by atoms with Gasteiger partial charge in [-0.05, 0) is 30.4 Å². The largest absolute Gasteiger partial charge is 0.332 e. The highest BCUT2D eigenvalue weighted by molar-refractivity contribution is 7.09. The number of hydrogen-bond acceptors (Lipinski definition) is 3. The first kappa shape index (κ1) is 20.5. The molecule has 4 nitrogen and oxygen atoms in total. The van der Waals surface area contributed by atoms with Gasteiger partial charge in [0.1, 0.15) is 5.38 Å². The van der Waals surface area contributed by atoms with Crippen molar-refractivity contribution in [3.05, 3.63) is 58.3 Å². The molecule has 0 N–H and O–H groups in total. The third kappa shape index (κ3) is 6.15. The van der Waals surface area contributed by atoms with E-state index in [9.17, 15) is 9.59 Å². The topological polar surface area (TPSA) is 40.6 Å². The predicted molar refractivity (Wildman–Crippen MR) is 107 cm³/mol. The molecule has 26 heavy (non-hydrogen) atoms. The van der Waals surface area contributed by atoms with E-state index in [1.54, 1.807) is 28.1 Å². The molecule has 2 rings (SSSR count). The van der Waals surface area contributed by atoms with Gasteiger partial charge in [0.15, 0.2) is 0 Å². The van der Waals surface area contributed by atoms with E-state index in [0.29, 0.717) is 19.6 Å². The molecule has 0 saturated carbocycles. The fourth-order valence-electron chi connectivity index (χ4n) is 2.68. The van der Waals surface area contributed by atoms with Crippen LogP contribution in [0.5, 0.6) is 0 Å². The van der Waals surface area contributed by atoms with Crippen LogP contribution in [0, 0.1) is 0 Å². The lowest BCUT2D eigenvalue weighted by atomic mass is 10.2. The molecule has 0 aliphatic heterocycles. The van der Waals surface area contributed by atoms with Crippen LogP contribution >= 0.6 is 22.9 Å². The molecule has 0 bridgehead atoms. The zero-order valence-corrected chi connectivity index (χ0v) is 16.8. The van der Waals surface area contributed by atoms with Crippen LogP contribution in [-0.2, 0) is 22.7 Å². The van der Waals surface area contributed by atoms with Crippen molar-refractivity contribution < 1.29 is 9.59 Å².